The fourth-order valence-electron chi connectivity index (χ4n) is 1.75. The van der Waals surface area contributed by atoms with Gasteiger partial charge < -0.3 is 15.8 Å². The second kappa shape index (κ2) is 9.31. The molecule has 0 unspecified atom stereocenters. The van der Waals surface area contributed by atoms with Gasteiger partial charge in [0.15, 0.2) is 11.6 Å². The fraction of sp³-hybridized carbons (Fsp3) is 0.333. The molecule has 2 aromatic rings. The largest absolute Gasteiger partial charge is 0.573 e. The minimum atomic E-state index is -4.88. The van der Waals surface area contributed by atoms with Crippen molar-refractivity contribution in [3.63, 3.8) is 0 Å². The highest BCUT2D eigenvalue weighted by Crippen LogP contribution is 2.26. The standard InChI is InChI=1S/C12H15F4NO.C6H6N2O/c1-11(2,3)17-7-8-4-5-10(9(13)6-8)18-12(14,15)16;7-6(9)5-1-3-8-4-2-5/h4-6,17H,7H2,1-3H3;1-4H,(H2,7,9). The first-order valence-electron chi connectivity index (χ1n) is 7.86. The van der Waals surface area contributed by atoms with Gasteiger partial charge >= 0.3 is 6.36 Å². The number of alkyl halides is 3. The van der Waals surface area contributed by atoms with Crippen molar-refractivity contribution in [2.24, 2.45) is 5.73 Å². The smallest absolute Gasteiger partial charge is 0.403 e. The highest BCUT2D eigenvalue weighted by atomic mass is 19.4. The summed E-state index contributed by atoms with van der Waals surface area (Å²) in [6.45, 7) is 6.17. The molecular weight excluding hydrogens is 366 g/mol. The van der Waals surface area contributed by atoms with Crippen LogP contribution in [0.15, 0.2) is 42.7 Å². The summed E-state index contributed by atoms with van der Waals surface area (Å²) in [5.41, 5.74) is 5.84. The van der Waals surface area contributed by atoms with Crippen molar-refractivity contribution in [3.05, 3.63) is 59.7 Å². The summed E-state index contributed by atoms with van der Waals surface area (Å²) in [7, 11) is 0. The molecule has 2 rings (SSSR count). The Bertz CT molecular complexity index is 745. The summed E-state index contributed by atoms with van der Waals surface area (Å²) in [5.74, 6) is -2.26. The molecule has 0 saturated carbocycles. The van der Waals surface area contributed by atoms with Crippen molar-refractivity contribution >= 4 is 5.91 Å². The maximum atomic E-state index is 13.3. The fourth-order valence-corrected chi connectivity index (χ4v) is 1.75. The number of pyridine rings is 1. The number of carbonyl (C=O) groups is 1. The summed E-state index contributed by atoms with van der Waals surface area (Å²) >= 11 is 0. The van der Waals surface area contributed by atoms with Gasteiger partial charge in [-0.25, -0.2) is 4.39 Å². The normalized spacial score (nSPS) is 11.4. The van der Waals surface area contributed by atoms with Crippen molar-refractivity contribution in [1.82, 2.24) is 10.3 Å². The number of ether oxygens (including phenoxy) is 1. The van der Waals surface area contributed by atoms with Crippen molar-refractivity contribution in [3.8, 4) is 5.75 Å². The number of primary amides is 1. The number of carbonyl (C=O) groups excluding carboxylic acids is 1. The number of nitrogens with one attached hydrogen (secondary N) is 1. The molecule has 0 aliphatic carbocycles. The van der Waals surface area contributed by atoms with Crippen molar-refractivity contribution in [2.75, 3.05) is 0 Å². The average molecular weight is 387 g/mol. The van der Waals surface area contributed by atoms with E-state index in [1.165, 1.54) is 18.5 Å². The van der Waals surface area contributed by atoms with E-state index in [1.807, 2.05) is 20.8 Å². The van der Waals surface area contributed by atoms with Gasteiger partial charge in [-0.05, 0) is 50.6 Å². The first-order chi connectivity index (χ1) is 12.4. The van der Waals surface area contributed by atoms with Crippen LogP contribution >= 0.6 is 0 Å². The first-order valence-corrected chi connectivity index (χ1v) is 7.86. The molecule has 0 atom stereocenters. The van der Waals surface area contributed by atoms with Crippen LogP contribution in [-0.2, 0) is 6.54 Å². The van der Waals surface area contributed by atoms with E-state index in [4.69, 9.17) is 5.73 Å². The van der Waals surface area contributed by atoms with Crippen LogP contribution in [-0.4, -0.2) is 22.8 Å². The van der Waals surface area contributed by atoms with Gasteiger partial charge in [0, 0.05) is 30.0 Å². The van der Waals surface area contributed by atoms with Gasteiger partial charge in [0.25, 0.3) is 0 Å². The number of hydrogen-bond donors (Lipinski definition) is 2. The average Bonchev–Trinajstić information content (AvgIpc) is 2.55. The highest BCUT2D eigenvalue weighted by Gasteiger charge is 2.32. The third kappa shape index (κ3) is 9.55. The highest BCUT2D eigenvalue weighted by molar-refractivity contribution is 5.92. The lowest BCUT2D eigenvalue weighted by atomic mass is 10.1. The molecule has 1 amide bonds. The Labute approximate surface area is 154 Å². The Morgan fingerprint density at radius 3 is 2.15 bits per heavy atom. The van der Waals surface area contributed by atoms with Crippen LogP contribution in [0.5, 0.6) is 5.75 Å². The minimum absolute atomic E-state index is 0.155. The molecule has 0 bridgehead atoms. The Morgan fingerprint density at radius 2 is 1.74 bits per heavy atom. The third-order valence-corrected chi connectivity index (χ3v) is 3.01. The summed E-state index contributed by atoms with van der Waals surface area (Å²) in [6, 6.07) is 6.54. The molecule has 5 nitrogen and oxygen atoms in total. The van der Waals surface area contributed by atoms with Gasteiger partial charge in [0.1, 0.15) is 0 Å². The molecule has 3 N–H and O–H groups in total. The number of aromatic nitrogens is 1. The van der Waals surface area contributed by atoms with Crippen molar-refractivity contribution in [1.29, 1.82) is 0 Å². The number of hydrogen-bond acceptors (Lipinski definition) is 4. The van der Waals surface area contributed by atoms with Gasteiger partial charge in [0.05, 0.1) is 0 Å². The molecule has 0 aliphatic rings. The van der Waals surface area contributed by atoms with Gasteiger partial charge in [-0.2, -0.15) is 0 Å². The second-order valence-electron chi connectivity index (χ2n) is 6.52. The zero-order chi connectivity index (χ0) is 20.7. The topological polar surface area (TPSA) is 77.2 Å². The molecule has 27 heavy (non-hydrogen) atoms. The van der Waals surface area contributed by atoms with Crippen LogP contribution in [0.3, 0.4) is 0 Å². The molecule has 0 spiro atoms. The van der Waals surface area contributed by atoms with Crippen molar-refractivity contribution in [2.45, 2.75) is 39.2 Å². The van der Waals surface area contributed by atoms with Crippen LogP contribution in [0, 0.1) is 5.82 Å². The van der Waals surface area contributed by atoms with E-state index in [9.17, 15) is 22.4 Å². The Hall–Kier alpha value is -2.68. The lowest BCUT2D eigenvalue weighted by molar-refractivity contribution is -0.275. The van der Waals surface area contributed by atoms with Gasteiger partial charge in [-0.3, -0.25) is 9.78 Å². The molecule has 1 aromatic heterocycles. The summed E-state index contributed by atoms with van der Waals surface area (Å²) < 4.78 is 52.7. The van der Waals surface area contributed by atoms with E-state index in [0.29, 0.717) is 17.7 Å². The predicted octanol–water partition coefficient (Wildman–Crippen LogP) is 3.79. The number of nitrogens with zero attached hydrogens (tertiary/aromatic N) is 1. The third-order valence-electron chi connectivity index (χ3n) is 3.01. The first kappa shape index (κ1) is 22.4. The Kier molecular flexibility index (Phi) is 7.71. The van der Waals surface area contributed by atoms with E-state index in [2.05, 4.69) is 15.0 Å². The molecular formula is C18H21F4N3O2. The number of rotatable bonds is 4. The van der Waals surface area contributed by atoms with E-state index in [-0.39, 0.29) is 5.54 Å². The lowest BCUT2D eigenvalue weighted by Crippen LogP contribution is -2.35. The Balaban J connectivity index is 0.000000337. The maximum absolute atomic E-state index is 13.3. The monoisotopic (exact) mass is 387 g/mol. The molecule has 148 valence electrons. The predicted molar refractivity (Wildman–Crippen MR) is 92.4 cm³/mol. The van der Waals surface area contributed by atoms with Gasteiger partial charge in [-0.15, -0.1) is 13.2 Å². The van der Waals surface area contributed by atoms with Crippen LogP contribution in [0.1, 0.15) is 36.7 Å². The summed E-state index contributed by atoms with van der Waals surface area (Å²) in [5, 5.41) is 3.10. The molecule has 0 aliphatic heterocycles. The maximum Gasteiger partial charge on any atom is 0.573 e. The van der Waals surface area contributed by atoms with Crippen LogP contribution < -0.4 is 15.8 Å². The molecule has 0 radical (unpaired) electrons. The van der Waals surface area contributed by atoms with E-state index < -0.39 is 23.8 Å². The quantitative estimate of drug-likeness (QED) is 0.783. The minimum Gasteiger partial charge on any atom is -0.403 e. The van der Waals surface area contributed by atoms with Crippen LogP contribution in [0.4, 0.5) is 17.6 Å². The zero-order valence-electron chi connectivity index (χ0n) is 15.1. The SMILES string of the molecule is CC(C)(C)NCc1ccc(OC(F)(F)F)c(F)c1.NC(=O)c1ccncc1. The molecule has 1 aromatic carbocycles. The molecule has 1 heterocycles. The van der Waals surface area contributed by atoms with Crippen LogP contribution in [0.25, 0.3) is 0 Å². The van der Waals surface area contributed by atoms with E-state index in [1.54, 1.807) is 12.1 Å². The molecule has 0 fully saturated rings. The number of halogens is 4. The summed E-state index contributed by atoms with van der Waals surface area (Å²) in [4.78, 5) is 14.1. The Morgan fingerprint density at radius 1 is 1.15 bits per heavy atom. The van der Waals surface area contributed by atoms with E-state index in [0.717, 1.165) is 12.1 Å². The lowest BCUT2D eigenvalue weighted by Gasteiger charge is -2.20. The second-order valence-corrected chi connectivity index (χ2v) is 6.52. The molecule has 9 heteroatoms. The van der Waals surface area contributed by atoms with Crippen molar-refractivity contribution < 1.29 is 27.1 Å². The summed E-state index contributed by atoms with van der Waals surface area (Å²) in [6.07, 6.45) is -1.83. The van der Waals surface area contributed by atoms with Gasteiger partial charge in [-0.1, -0.05) is 6.07 Å². The zero-order valence-corrected chi connectivity index (χ0v) is 15.1. The molecule has 0 saturated heterocycles. The number of benzene rings is 1. The van der Waals surface area contributed by atoms with Crippen LogP contribution in [0.2, 0.25) is 0 Å². The van der Waals surface area contributed by atoms with Gasteiger partial charge in [0.2, 0.25) is 5.91 Å². The van der Waals surface area contributed by atoms with E-state index >= 15 is 0 Å². The number of nitrogens with two attached hydrogens (primary N) is 1. The number of amides is 1.